The van der Waals surface area contributed by atoms with Crippen LogP contribution < -0.4 is 11.1 Å². The minimum atomic E-state index is -0.561. The standard InChI is InChI=1S/C9H11N3O2/c10-8(13)7-5-14-9(12-7)6-1-3-11-4-2-6/h1,5,11H,2-4H2,(H2,10,13). The van der Waals surface area contributed by atoms with Crippen LogP contribution >= 0.6 is 0 Å². The number of hydrogen-bond donors (Lipinski definition) is 2. The molecule has 0 unspecified atom stereocenters. The molecular formula is C9H11N3O2. The Bertz CT molecular complexity index is 381. The molecular weight excluding hydrogens is 182 g/mol. The normalized spacial score (nSPS) is 16.4. The van der Waals surface area contributed by atoms with Gasteiger partial charge in [0.25, 0.3) is 5.91 Å². The quantitative estimate of drug-likeness (QED) is 0.700. The van der Waals surface area contributed by atoms with Gasteiger partial charge in [0.05, 0.1) is 0 Å². The number of carbonyl (C=O) groups excluding carboxylic acids is 1. The monoisotopic (exact) mass is 193 g/mol. The number of aromatic nitrogens is 1. The second-order valence-corrected chi connectivity index (χ2v) is 3.09. The van der Waals surface area contributed by atoms with Gasteiger partial charge in [-0.25, -0.2) is 4.98 Å². The van der Waals surface area contributed by atoms with Crippen LogP contribution in [-0.4, -0.2) is 24.0 Å². The summed E-state index contributed by atoms with van der Waals surface area (Å²) in [6.45, 7) is 1.71. The summed E-state index contributed by atoms with van der Waals surface area (Å²) in [5.74, 6) is -0.0603. The first-order valence-corrected chi connectivity index (χ1v) is 4.43. The third kappa shape index (κ3) is 1.67. The molecule has 0 aliphatic carbocycles. The van der Waals surface area contributed by atoms with E-state index in [-0.39, 0.29) is 5.69 Å². The number of amides is 1. The summed E-state index contributed by atoms with van der Waals surface area (Å²) in [5.41, 5.74) is 6.27. The van der Waals surface area contributed by atoms with Gasteiger partial charge in [-0.15, -0.1) is 0 Å². The van der Waals surface area contributed by atoms with Gasteiger partial charge in [0, 0.05) is 12.1 Å². The fourth-order valence-corrected chi connectivity index (χ4v) is 1.35. The van der Waals surface area contributed by atoms with Gasteiger partial charge in [-0.1, -0.05) is 6.08 Å². The van der Waals surface area contributed by atoms with Crippen molar-refractivity contribution in [3.8, 4) is 0 Å². The summed E-state index contributed by atoms with van der Waals surface area (Å²) < 4.78 is 5.16. The average Bonchev–Trinajstić information content (AvgIpc) is 2.68. The lowest BCUT2D eigenvalue weighted by atomic mass is 10.1. The van der Waals surface area contributed by atoms with Crippen molar-refractivity contribution < 1.29 is 9.21 Å². The molecule has 2 rings (SSSR count). The first-order chi connectivity index (χ1) is 6.77. The van der Waals surface area contributed by atoms with Crippen molar-refractivity contribution in [1.29, 1.82) is 0 Å². The summed E-state index contributed by atoms with van der Waals surface area (Å²) in [5, 5.41) is 3.18. The van der Waals surface area contributed by atoms with E-state index in [1.54, 1.807) is 0 Å². The number of rotatable bonds is 2. The van der Waals surface area contributed by atoms with E-state index < -0.39 is 5.91 Å². The van der Waals surface area contributed by atoms with Gasteiger partial charge >= 0.3 is 0 Å². The minimum Gasteiger partial charge on any atom is -0.444 e. The lowest BCUT2D eigenvalue weighted by Gasteiger charge is -2.10. The SMILES string of the molecule is NC(=O)c1coc(C2=CCNCC2)n1. The molecule has 1 aromatic rings. The number of carbonyl (C=O) groups is 1. The third-order valence-electron chi connectivity index (χ3n) is 2.10. The lowest BCUT2D eigenvalue weighted by molar-refractivity contribution is 0.0995. The molecule has 1 aliphatic rings. The second kappa shape index (κ2) is 3.63. The van der Waals surface area contributed by atoms with Crippen molar-refractivity contribution in [1.82, 2.24) is 10.3 Å². The molecule has 0 saturated heterocycles. The molecule has 0 spiro atoms. The molecule has 0 bridgehead atoms. The molecule has 2 heterocycles. The summed E-state index contributed by atoms with van der Waals surface area (Å²) in [7, 11) is 0. The van der Waals surface area contributed by atoms with Crippen molar-refractivity contribution in [2.24, 2.45) is 5.73 Å². The molecule has 1 aromatic heterocycles. The number of nitrogens with zero attached hydrogens (tertiary/aromatic N) is 1. The smallest absolute Gasteiger partial charge is 0.270 e. The molecule has 5 nitrogen and oxygen atoms in total. The number of primary amides is 1. The fourth-order valence-electron chi connectivity index (χ4n) is 1.35. The van der Waals surface area contributed by atoms with Gasteiger partial charge in [-0.3, -0.25) is 4.79 Å². The summed E-state index contributed by atoms with van der Waals surface area (Å²) in [6.07, 6.45) is 4.15. The van der Waals surface area contributed by atoms with Crippen LogP contribution in [0.3, 0.4) is 0 Å². The molecule has 0 saturated carbocycles. The third-order valence-corrected chi connectivity index (χ3v) is 2.10. The number of nitrogens with one attached hydrogen (secondary N) is 1. The Kier molecular flexibility index (Phi) is 2.32. The lowest BCUT2D eigenvalue weighted by Crippen LogP contribution is -2.20. The van der Waals surface area contributed by atoms with E-state index in [1.807, 2.05) is 6.08 Å². The summed E-state index contributed by atoms with van der Waals surface area (Å²) in [4.78, 5) is 14.8. The molecule has 5 heteroatoms. The highest BCUT2D eigenvalue weighted by Crippen LogP contribution is 2.18. The number of nitrogens with two attached hydrogens (primary N) is 1. The van der Waals surface area contributed by atoms with Crippen LogP contribution in [0.2, 0.25) is 0 Å². The zero-order chi connectivity index (χ0) is 9.97. The molecule has 3 N–H and O–H groups in total. The maximum atomic E-state index is 10.8. The van der Waals surface area contributed by atoms with E-state index >= 15 is 0 Å². The van der Waals surface area contributed by atoms with Crippen LogP contribution in [0.25, 0.3) is 5.57 Å². The minimum absolute atomic E-state index is 0.180. The van der Waals surface area contributed by atoms with Gasteiger partial charge in [0.15, 0.2) is 5.69 Å². The van der Waals surface area contributed by atoms with E-state index in [0.29, 0.717) is 5.89 Å². The molecule has 1 amide bonds. The Morgan fingerprint density at radius 2 is 2.50 bits per heavy atom. The van der Waals surface area contributed by atoms with E-state index in [4.69, 9.17) is 10.2 Å². The summed E-state index contributed by atoms with van der Waals surface area (Å²) >= 11 is 0. The van der Waals surface area contributed by atoms with Crippen LogP contribution in [0, 0.1) is 0 Å². The average molecular weight is 193 g/mol. The Hall–Kier alpha value is -1.62. The van der Waals surface area contributed by atoms with Crippen LogP contribution in [0.5, 0.6) is 0 Å². The first-order valence-electron chi connectivity index (χ1n) is 4.43. The molecule has 0 radical (unpaired) electrons. The van der Waals surface area contributed by atoms with Crippen LogP contribution in [0.4, 0.5) is 0 Å². The zero-order valence-corrected chi connectivity index (χ0v) is 7.62. The topological polar surface area (TPSA) is 81.2 Å². The Morgan fingerprint density at radius 3 is 3.07 bits per heavy atom. The van der Waals surface area contributed by atoms with Crippen molar-refractivity contribution in [3.63, 3.8) is 0 Å². The Balaban J connectivity index is 2.23. The second-order valence-electron chi connectivity index (χ2n) is 3.09. The van der Waals surface area contributed by atoms with E-state index in [0.717, 1.165) is 25.1 Å². The summed E-state index contributed by atoms with van der Waals surface area (Å²) in [6, 6.07) is 0. The zero-order valence-electron chi connectivity index (χ0n) is 7.62. The van der Waals surface area contributed by atoms with Crippen LogP contribution in [0.1, 0.15) is 22.8 Å². The largest absolute Gasteiger partial charge is 0.444 e. The molecule has 74 valence electrons. The van der Waals surface area contributed by atoms with Gasteiger partial charge in [-0.05, 0) is 13.0 Å². The highest BCUT2D eigenvalue weighted by Gasteiger charge is 2.13. The van der Waals surface area contributed by atoms with Gasteiger partial charge in [-0.2, -0.15) is 0 Å². The van der Waals surface area contributed by atoms with E-state index in [2.05, 4.69) is 10.3 Å². The molecule has 1 aliphatic heterocycles. The highest BCUT2D eigenvalue weighted by atomic mass is 16.3. The maximum absolute atomic E-state index is 10.8. The predicted octanol–water partition coefficient (Wildman–Crippen LogP) is 0.150. The van der Waals surface area contributed by atoms with Crippen molar-refractivity contribution >= 4 is 11.5 Å². The molecule has 0 fully saturated rings. The molecule has 0 atom stereocenters. The fraction of sp³-hybridized carbons (Fsp3) is 0.333. The highest BCUT2D eigenvalue weighted by molar-refractivity contribution is 5.90. The van der Waals surface area contributed by atoms with Gasteiger partial charge in [0.1, 0.15) is 6.26 Å². The Labute approximate surface area is 81.0 Å². The van der Waals surface area contributed by atoms with E-state index in [9.17, 15) is 4.79 Å². The maximum Gasteiger partial charge on any atom is 0.270 e. The van der Waals surface area contributed by atoms with Gasteiger partial charge < -0.3 is 15.5 Å². The number of oxazole rings is 1. The van der Waals surface area contributed by atoms with E-state index in [1.165, 1.54) is 6.26 Å². The first kappa shape index (κ1) is 8.96. The molecule has 0 aromatic carbocycles. The van der Waals surface area contributed by atoms with Crippen LogP contribution in [0.15, 0.2) is 16.8 Å². The Morgan fingerprint density at radius 1 is 1.64 bits per heavy atom. The van der Waals surface area contributed by atoms with Crippen molar-refractivity contribution in [2.75, 3.05) is 13.1 Å². The van der Waals surface area contributed by atoms with Crippen molar-refractivity contribution in [2.45, 2.75) is 6.42 Å². The predicted molar refractivity (Wildman–Crippen MR) is 50.5 cm³/mol. The number of hydrogen-bond acceptors (Lipinski definition) is 4. The van der Waals surface area contributed by atoms with Crippen molar-refractivity contribution in [3.05, 3.63) is 23.9 Å². The molecule has 14 heavy (non-hydrogen) atoms. The van der Waals surface area contributed by atoms with Crippen LogP contribution in [-0.2, 0) is 0 Å². The van der Waals surface area contributed by atoms with Gasteiger partial charge in [0.2, 0.25) is 5.89 Å².